The third kappa shape index (κ3) is 4.20. The highest BCUT2D eigenvalue weighted by atomic mass is 16.5. The molecule has 0 atom stereocenters. The number of rotatable bonds is 8. The minimum atomic E-state index is -0.0946. The zero-order valence-electron chi connectivity index (χ0n) is 18.5. The predicted molar refractivity (Wildman–Crippen MR) is 121 cm³/mol. The number of aromatic nitrogens is 1. The summed E-state index contributed by atoms with van der Waals surface area (Å²) in [6.45, 7) is 8.52. The number of Topliss-reactive ketones (excluding diaryl/α,β-unsaturated/α-hetero) is 1. The Morgan fingerprint density at radius 1 is 1.10 bits per heavy atom. The number of carbonyl (C=O) groups is 1. The number of ether oxygens (including phenoxy) is 3. The van der Waals surface area contributed by atoms with E-state index in [1.54, 1.807) is 26.4 Å². The number of H-pyrrole nitrogens is 1. The van der Waals surface area contributed by atoms with Gasteiger partial charge in [-0.1, -0.05) is 26.0 Å². The summed E-state index contributed by atoms with van der Waals surface area (Å²) in [6.07, 6.45) is 3.84. The molecule has 0 aliphatic carbocycles. The minimum Gasteiger partial charge on any atom is -0.493 e. The fourth-order valence-electron chi connectivity index (χ4n) is 3.47. The second-order valence-electron chi connectivity index (χ2n) is 7.50. The molecule has 5 heteroatoms. The Hall–Kier alpha value is -3.21. The Morgan fingerprint density at radius 3 is 2.33 bits per heavy atom. The van der Waals surface area contributed by atoms with E-state index in [1.807, 2.05) is 26.1 Å². The summed E-state index contributed by atoms with van der Waals surface area (Å²) < 4.78 is 16.5. The molecule has 1 heterocycles. The van der Waals surface area contributed by atoms with E-state index < -0.39 is 0 Å². The summed E-state index contributed by atoms with van der Waals surface area (Å²) in [6, 6.07) is 9.79. The van der Waals surface area contributed by atoms with E-state index in [1.165, 1.54) is 5.56 Å². The van der Waals surface area contributed by atoms with Crippen LogP contribution in [0.3, 0.4) is 0 Å². The average molecular weight is 408 g/mol. The van der Waals surface area contributed by atoms with Gasteiger partial charge in [-0.25, -0.2) is 0 Å². The van der Waals surface area contributed by atoms with E-state index in [-0.39, 0.29) is 5.78 Å². The van der Waals surface area contributed by atoms with Crippen LogP contribution in [0.4, 0.5) is 0 Å². The molecular weight excluding hydrogens is 378 g/mol. The monoisotopic (exact) mass is 407 g/mol. The molecular formula is C25H29NO4. The molecule has 0 spiro atoms. The molecule has 0 unspecified atom stereocenters. The van der Waals surface area contributed by atoms with Crippen LogP contribution in [0, 0.1) is 0 Å². The van der Waals surface area contributed by atoms with Gasteiger partial charge in [-0.05, 0) is 55.2 Å². The predicted octanol–water partition coefficient (Wildman–Crippen LogP) is 5.99. The quantitative estimate of drug-likeness (QED) is 0.368. The molecule has 1 N–H and O–H groups in total. The first-order chi connectivity index (χ1) is 14.4. The van der Waals surface area contributed by atoms with Crippen LogP contribution in [0.15, 0.2) is 42.1 Å². The van der Waals surface area contributed by atoms with Crippen LogP contribution in [0.25, 0.3) is 17.0 Å². The van der Waals surface area contributed by atoms with E-state index >= 15 is 0 Å². The molecule has 158 valence electrons. The molecule has 0 saturated heterocycles. The average Bonchev–Trinajstić information content (AvgIpc) is 3.15. The first-order valence-electron chi connectivity index (χ1n) is 10.1. The molecule has 0 aliphatic rings. The van der Waals surface area contributed by atoms with Gasteiger partial charge < -0.3 is 19.2 Å². The van der Waals surface area contributed by atoms with Crippen LogP contribution >= 0.6 is 0 Å². The zero-order chi connectivity index (χ0) is 21.8. The fraction of sp³-hybridized carbons (Fsp3) is 0.320. The Labute approximate surface area is 177 Å². The number of hydrogen-bond acceptors (Lipinski definition) is 4. The Kier molecular flexibility index (Phi) is 6.50. The molecule has 1 aromatic heterocycles. The standard InChI is InChI=1S/C25H29NO4/c1-7-30-25-22(28-5)12-18(13-23(25)29-6)24(27)16(4)10-19-14-26-21-11-17(15(2)3)8-9-20(19)21/h8-15,26H,7H2,1-6H3. The van der Waals surface area contributed by atoms with Crippen LogP contribution in [0.2, 0.25) is 0 Å². The summed E-state index contributed by atoms with van der Waals surface area (Å²) in [7, 11) is 3.09. The normalized spacial score (nSPS) is 11.8. The summed E-state index contributed by atoms with van der Waals surface area (Å²) in [5.74, 6) is 1.81. The highest BCUT2D eigenvalue weighted by Gasteiger charge is 2.18. The molecule has 0 amide bonds. The van der Waals surface area contributed by atoms with Gasteiger partial charge in [0.15, 0.2) is 17.3 Å². The van der Waals surface area contributed by atoms with Gasteiger partial charge in [0.25, 0.3) is 0 Å². The molecule has 0 radical (unpaired) electrons. The van der Waals surface area contributed by atoms with Gasteiger partial charge in [-0.3, -0.25) is 4.79 Å². The lowest BCUT2D eigenvalue weighted by Gasteiger charge is -2.15. The van der Waals surface area contributed by atoms with Crippen molar-refractivity contribution in [2.24, 2.45) is 0 Å². The molecule has 3 aromatic rings. The largest absolute Gasteiger partial charge is 0.493 e. The van der Waals surface area contributed by atoms with Crippen LogP contribution in [-0.2, 0) is 0 Å². The van der Waals surface area contributed by atoms with Gasteiger partial charge in [0.2, 0.25) is 5.75 Å². The lowest BCUT2D eigenvalue weighted by Crippen LogP contribution is -2.05. The van der Waals surface area contributed by atoms with Gasteiger partial charge >= 0.3 is 0 Å². The minimum absolute atomic E-state index is 0.0946. The van der Waals surface area contributed by atoms with Crippen molar-refractivity contribution in [1.82, 2.24) is 4.98 Å². The highest BCUT2D eigenvalue weighted by molar-refractivity contribution is 6.12. The summed E-state index contributed by atoms with van der Waals surface area (Å²) in [5, 5.41) is 1.09. The number of ketones is 1. The highest BCUT2D eigenvalue weighted by Crippen LogP contribution is 2.39. The van der Waals surface area contributed by atoms with Crippen LogP contribution in [-0.4, -0.2) is 31.6 Å². The third-order valence-corrected chi connectivity index (χ3v) is 5.15. The molecule has 0 bridgehead atoms. The summed E-state index contributed by atoms with van der Waals surface area (Å²) in [5.41, 5.74) is 4.44. The molecule has 0 saturated carbocycles. The van der Waals surface area contributed by atoms with E-state index in [2.05, 4.69) is 37.0 Å². The number of benzene rings is 2. The number of methoxy groups -OCH3 is 2. The van der Waals surface area contributed by atoms with E-state index in [0.717, 1.165) is 16.5 Å². The van der Waals surface area contributed by atoms with E-state index in [4.69, 9.17) is 14.2 Å². The van der Waals surface area contributed by atoms with Crippen molar-refractivity contribution in [2.45, 2.75) is 33.6 Å². The molecule has 0 aliphatic heterocycles. The van der Waals surface area contributed by atoms with Crippen molar-refractivity contribution in [3.8, 4) is 17.2 Å². The van der Waals surface area contributed by atoms with Gasteiger partial charge in [0, 0.05) is 28.2 Å². The maximum Gasteiger partial charge on any atom is 0.203 e. The number of fused-ring (bicyclic) bond motifs is 1. The Bertz CT molecular complexity index is 1070. The van der Waals surface area contributed by atoms with Crippen LogP contribution in [0.1, 0.15) is 55.1 Å². The van der Waals surface area contributed by atoms with Crippen molar-refractivity contribution in [3.63, 3.8) is 0 Å². The fourth-order valence-corrected chi connectivity index (χ4v) is 3.47. The Morgan fingerprint density at radius 2 is 1.77 bits per heavy atom. The van der Waals surface area contributed by atoms with Crippen molar-refractivity contribution in [1.29, 1.82) is 0 Å². The number of allylic oxidation sites excluding steroid dienone is 1. The lowest BCUT2D eigenvalue weighted by atomic mass is 9.99. The second-order valence-corrected chi connectivity index (χ2v) is 7.50. The first-order valence-corrected chi connectivity index (χ1v) is 10.1. The number of hydrogen-bond donors (Lipinski definition) is 1. The van der Waals surface area contributed by atoms with Gasteiger partial charge in [0.05, 0.1) is 20.8 Å². The number of carbonyl (C=O) groups excluding carboxylic acids is 1. The molecule has 2 aromatic carbocycles. The maximum absolute atomic E-state index is 13.1. The number of aromatic amines is 1. The summed E-state index contributed by atoms with van der Waals surface area (Å²) in [4.78, 5) is 16.4. The van der Waals surface area contributed by atoms with E-state index in [0.29, 0.717) is 40.9 Å². The van der Waals surface area contributed by atoms with Crippen LogP contribution in [0.5, 0.6) is 17.2 Å². The first kappa shape index (κ1) is 21.5. The third-order valence-electron chi connectivity index (χ3n) is 5.15. The van der Waals surface area contributed by atoms with Crippen molar-refractivity contribution >= 4 is 22.8 Å². The molecule has 30 heavy (non-hydrogen) atoms. The SMILES string of the molecule is CCOc1c(OC)cc(C(=O)C(C)=Cc2c[nH]c3cc(C(C)C)ccc23)cc1OC. The van der Waals surface area contributed by atoms with Crippen molar-refractivity contribution in [3.05, 3.63) is 58.8 Å². The molecule has 0 fully saturated rings. The van der Waals surface area contributed by atoms with E-state index in [9.17, 15) is 4.79 Å². The van der Waals surface area contributed by atoms with Crippen molar-refractivity contribution < 1.29 is 19.0 Å². The number of nitrogens with one attached hydrogen (secondary N) is 1. The topological polar surface area (TPSA) is 60.5 Å². The smallest absolute Gasteiger partial charge is 0.203 e. The van der Waals surface area contributed by atoms with Crippen molar-refractivity contribution in [2.75, 3.05) is 20.8 Å². The molecule has 5 nitrogen and oxygen atoms in total. The van der Waals surface area contributed by atoms with Gasteiger partial charge in [0.1, 0.15) is 0 Å². The summed E-state index contributed by atoms with van der Waals surface area (Å²) >= 11 is 0. The van der Waals surface area contributed by atoms with Gasteiger partial charge in [-0.15, -0.1) is 0 Å². The zero-order valence-corrected chi connectivity index (χ0v) is 18.5. The second kappa shape index (κ2) is 9.08. The molecule has 3 rings (SSSR count). The maximum atomic E-state index is 13.1. The Balaban J connectivity index is 1.97. The van der Waals surface area contributed by atoms with Crippen LogP contribution < -0.4 is 14.2 Å². The van der Waals surface area contributed by atoms with Gasteiger partial charge in [-0.2, -0.15) is 0 Å². The lowest BCUT2D eigenvalue weighted by molar-refractivity contribution is 0.103.